The molecular weight excluding hydrogens is 229 g/mol. The van der Waals surface area contributed by atoms with E-state index >= 15 is 0 Å². The molecule has 0 radical (unpaired) electrons. The van der Waals surface area contributed by atoms with E-state index in [1.165, 1.54) is 13.2 Å². The van der Waals surface area contributed by atoms with Gasteiger partial charge in [0.2, 0.25) is 5.91 Å². The molecule has 5 nitrogen and oxygen atoms in total. The van der Waals surface area contributed by atoms with Gasteiger partial charge in [0.25, 0.3) is 5.56 Å². The van der Waals surface area contributed by atoms with Crippen molar-refractivity contribution in [1.29, 1.82) is 0 Å². The average Bonchev–Trinajstić information content (AvgIpc) is 2.19. The minimum absolute atomic E-state index is 0.0739. The molecule has 0 saturated heterocycles. The number of aromatic nitrogens is 2. The van der Waals surface area contributed by atoms with Crippen LogP contribution in [0.15, 0.2) is 11.0 Å². The molecule has 1 heterocycles. The minimum Gasteiger partial charge on any atom is -0.358 e. The first-order valence-corrected chi connectivity index (χ1v) is 4.43. The molecule has 0 saturated carbocycles. The van der Waals surface area contributed by atoms with Gasteiger partial charge in [-0.1, -0.05) is 23.2 Å². The lowest BCUT2D eigenvalue weighted by molar-refractivity contribution is -0.121. The third-order valence-electron chi connectivity index (χ3n) is 1.51. The molecule has 1 rings (SSSR count). The Morgan fingerprint density at radius 2 is 2.29 bits per heavy atom. The van der Waals surface area contributed by atoms with Crippen molar-refractivity contribution in [2.75, 3.05) is 7.05 Å². The first-order chi connectivity index (χ1) is 6.56. The fourth-order valence-electron chi connectivity index (χ4n) is 0.773. The summed E-state index contributed by atoms with van der Waals surface area (Å²) in [6, 6.07) is 0. The van der Waals surface area contributed by atoms with Gasteiger partial charge in [-0.15, -0.1) is 0 Å². The highest BCUT2D eigenvalue weighted by atomic mass is 35.5. The second kappa shape index (κ2) is 4.43. The van der Waals surface area contributed by atoms with Crippen LogP contribution in [0.1, 0.15) is 0 Å². The maximum absolute atomic E-state index is 11.3. The van der Waals surface area contributed by atoms with E-state index < -0.39 is 5.56 Å². The van der Waals surface area contributed by atoms with Crippen molar-refractivity contribution < 1.29 is 4.79 Å². The van der Waals surface area contributed by atoms with E-state index in [-0.39, 0.29) is 22.5 Å². The van der Waals surface area contributed by atoms with Crippen molar-refractivity contribution in [3.05, 3.63) is 26.6 Å². The molecule has 0 aliphatic carbocycles. The molecule has 0 fully saturated rings. The van der Waals surface area contributed by atoms with Crippen molar-refractivity contribution in [2.24, 2.45) is 0 Å². The maximum atomic E-state index is 11.3. The van der Waals surface area contributed by atoms with Gasteiger partial charge in [-0.2, -0.15) is 5.10 Å². The van der Waals surface area contributed by atoms with Crippen LogP contribution in [0.25, 0.3) is 0 Å². The molecule has 1 N–H and O–H groups in total. The zero-order valence-electron chi connectivity index (χ0n) is 7.25. The molecule has 0 aliphatic heterocycles. The van der Waals surface area contributed by atoms with Crippen LogP contribution >= 0.6 is 23.2 Å². The second-order valence-corrected chi connectivity index (χ2v) is 3.23. The minimum atomic E-state index is -0.581. The molecule has 0 bridgehead atoms. The number of amides is 1. The number of nitrogens with one attached hydrogen (secondary N) is 1. The lowest BCUT2D eigenvalue weighted by Crippen LogP contribution is -2.31. The molecule has 7 heteroatoms. The fraction of sp³-hybridized carbons (Fsp3) is 0.286. The molecule has 0 atom stereocenters. The molecular formula is C7H7Cl2N3O2. The fourth-order valence-corrected chi connectivity index (χ4v) is 1.04. The van der Waals surface area contributed by atoms with Gasteiger partial charge in [0.05, 0.1) is 11.2 Å². The second-order valence-electron chi connectivity index (χ2n) is 2.44. The van der Waals surface area contributed by atoms with Gasteiger partial charge in [-0.25, -0.2) is 4.68 Å². The van der Waals surface area contributed by atoms with Crippen molar-refractivity contribution in [1.82, 2.24) is 15.1 Å². The topological polar surface area (TPSA) is 64.0 Å². The quantitative estimate of drug-likeness (QED) is 0.802. The van der Waals surface area contributed by atoms with Crippen LogP contribution in [-0.2, 0) is 11.3 Å². The summed E-state index contributed by atoms with van der Waals surface area (Å²) < 4.78 is 0.938. The summed E-state index contributed by atoms with van der Waals surface area (Å²) in [6.07, 6.45) is 1.22. The number of halogens is 2. The van der Waals surface area contributed by atoms with Gasteiger partial charge in [-0.3, -0.25) is 9.59 Å². The summed E-state index contributed by atoms with van der Waals surface area (Å²) in [5.74, 6) is -0.335. The lowest BCUT2D eigenvalue weighted by Gasteiger charge is -2.03. The van der Waals surface area contributed by atoms with Gasteiger partial charge in [0.15, 0.2) is 0 Å². The molecule has 14 heavy (non-hydrogen) atoms. The smallest absolute Gasteiger partial charge is 0.287 e. The van der Waals surface area contributed by atoms with E-state index in [1.54, 1.807) is 0 Å². The highest BCUT2D eigenvalue weighted by molar-refractivity contribution is 6.41. The van der Waals surface area contributed by atoms with Crippen LogP contribution in [0.4, 0.5) is 0 Å². The Balaban J connectivity index is 3.06. The Bertz CT molecular complexity index is 416. The number of carbonyl (C=O) groups excluding carboxylic acids is 1. The predicted octanol–water partition coefficient (Wildman–Crippen LogP) is 0.296. The molecule has 0 aliphatic rings. The zero-order valence-corrected chi connectivity index (χ0v) is 8.76. The molecule has 1 aromatic rings. The highest BCUT2D eigenvalue weighted by Gasteiger charge is 2.09. The number of likely N-dealkylation sites (N-methyl/N-ethyl adjacent to an activating group) is 1. The van der Waals surface area contributed by atoms with E-state index in [0.717, 1.165) is 4.68 Å². The van der Waals surface area contributed by atoms with Gasteiger partial charge in [0.1, 0.15) is 11.6 Å². The van der Waals surface area contributed by atoms with E-state index in [0.29, 0.717) is 0 Å². The molecule has 0 aromatic carbocycles. The van der Waals surface area contributed by atoms with Gasteiger partial charge >= 0.3 is 0 Å². The van der Waals surface area contributed by atoms with Crippen molar-refractivity contribution in [3.8, 4) is 0 Å². The van der Waals surface area contributed by atoms with E-state index in [9.17, 15) is 9.59 Å². The van der Waals surface area contributed by atoms with Crippen LogP contribution in [-0.4, -0.2) is 22.7 Å². The summed E-state index contributed by atoms with van der Waals surface area (Å²) in [6.45, 7) is -0.174. The van der Waals surface area contributed by atoms with E-state index in [4.69, 9.17) is 23.2 Å². The first-order valence-electron chi connectivity index (χ1n) is 3.68. The molecule has 0 spiro atoms. The average molecular weight is 236 g/mol. The van der Waals surface area contributed by atoms with Crippen LogP contribution in [0.2, 0.25) is 10.0 Å². The van der Waals surface area contributed by atoms with Crippen molar-refractivity contribution in [3.63, 3.8) is 0 Å². The number of rotatable bonds is 2. The Morgan fingerprint density at radius 1 is 1.64 bits per heavy atom. The van der Waals surface area contributed by atoms with Crippen LogP contribution < -0.4 is 10.9 Å². The number of nitrogens with zero attached hydrogens (tertiary/aromatic N) is 2. The van der Waals surface area contributed by atoms with Gasteiger partial charge in [0, 0.05) is 7.05 Å². The summed E-state index contributed by atoms with van der Waals surface area (Å²) >= 11 is 11.1. The third-order valence-corrected chi connectivity index (χ3v) is 2.26. The highest BCUT2D eigenvalue weighted by Crippen LogP contribution is 2.14. The van der Waals surface area contributed by atoms with Crippen molar-refractivity contribution >= 4 is 29.1 Å². The predicted molar refractivity (Wildman–Crippen MR) is 52.6 cm³/mol. The Labute approximate surface area is 89.6 Å². The van der Waals surface area contributed by atoms with Gasteiger partial charge < -0.3 is 5.32 Å². The third kappa shape index (κ3) is 2.24. The van der Waals surface area contributed by atoms with E-state index in [1.807, 2.05) is 0 Å². The Morgan fingerprint density at radius 3 is 2.86 bits per heavy atom. The number of hydrogen-bond acceptors (Lipinski definition) is 3. The van der Waals surface area contributed by atoms with Gasteiger partial charge in [-0.05, 0) is 0 Å². The Hall–Kier alpha value is -1.07. The first kappa shape index (κ1) is 11.0. The molecule has 0 unspecified atom stereocenters. The Kier molecular flexibility index (Phi) is 3.49. The van der Waals surface area contributed by atoms with Crippen LogP contribution in [0, 0.1) is 0 Å². The van der Waals surface area contributed by atoms with Crippen molar-refractivity contribution in [2.45, 2.75) is 6.54 Å². The zero-order chi connectivity index (χ0) is 10.7. The summed E-state index contributed by atoms with van der Waals surface area (Å²) in [7, 11) is 1.46. The normalized spacial score (nSPS) is 9.93. The standard InChI is InChI=1S/C7H7Cl2N3O2/c1-10-5(13)3-12-7(14)6(9)4(8)2-11-12/h2H,3H2,1H3,(H,10,13). The summed E-state index contributed by atoms with van der Waals surface area (Å²) in [4.78, 5) is 22.3. The lowest BCUT2D eigenvalue weighted by atomic mass is 10.5. The summed E-state index contributed by atoms with van der Waals surface area (Å²) in [5, 5.41) is 5.95. The molecule has 1 aromatic heterocycles. The monoisotopic (exact) mass is 235 g/mol. The number of carbonyl (C=O) groups is 1. The summed E-state index contributed by atoms with van der Waals surface area (Å²) in [5.41, 5.74) is -0.581. The molecule has 76 valence electrons. The molecule has 1 amide bonds. The SMILES string of the molecule is CNC(=O)Cn1ncc(Cl)c(Cl)c1=O. The maximum Gasteiger partial charge on any atom is 0.287 e. The van der Waals surface area contributed by atoms with Crippen LogP contribution in [0.5, 0.6) is 0 Å². The largest absolute Gasteiger partial charge is 0.358 e. The van der Waals surface area contributed by atoms with Crippen LogP contribution in [0.3, 0.4) is 0 Å². The van der Waals surface area contributed by atoms with E-state index in [2.05, 4.69) is 10.4 Å². The number of hydrogen-bond donors (Lipinski definition) is 1.